The lowest BCUT2D eigenvalue weighted by atomic mass is 10.4. The second-order valence-corrected chi connectivity index (χ2v) is 3.89. The van der Waals surface area contributed by atoms with E-state index >= 15 is 0 Å². The maximum atomic E-state index is 5.93. The first kappa shape index (κ1) is 11.9. The molecule has 2 heterocycles. The molecule has 0 spiro atoms. The van der Waals surface area contributed by atoms with Gasteiger partial charge in [0.25, 0.3) is 0 Å². The largest absolute Gasteiger partial charge is 0.380 e. The molecule has 0 aromatic carbocycles. The summed E-state index contributed by atoms with van der Waals surface area (Å²) in [5, 5.41) is 4.44. The molecule has 0 radical (unpaired) electrons. The van der Waals surface area contributed by atoms with E-state index < -0.39 is 0 Å². The lowest BCUT2D eigenvalue weighted by Gasteiger charge is -2.07. The van der Waals surface area contributed by atoms with Gasteiger partial charge in [-0.2, -0.15) is 5.10 Å². The third-order valence-corrected chi connectivity index (χ3v) is 2.79. The number of nitrogens with zero attached hydrogens (tertiary/aromatic N) is 4. The molecule has 0 saturated heterocycles. The summed E-state index contributed by atoms with van der Waals surface area (Å²) >= 11 is 0. The molecule has 6 heteroatoms. The molecule has 94 valence electrons. The molecule has 2 aromatic heterocycles. The first-order chi connectivity index (χ1) is 8.19. The highest BCUT2D eigenvalue weighted by Gasteiger charge is 2.16. The van der Waals surface area contributed by atoms with Crippen LogP contribution in [0.2, 0.25) is 0 Å². The number of hydrogen-bond donors (Lipinski definition) is 1. The Bertz CT molecular complexity index is 513. The summed E-state index contributed by atoms with van der Waals surface area (Å²) in [5.74, 6) is 0.530. The zero-order valence-electron chi connectivity index (χ0n) is 10.6. The highest BCUT2D eigenvalue weighted by molar-refractivity contribution is 5.77. The fourth-order valence-electron chi connectivity index (χ4n) is 1.98. The average molecular weight is 237 g/mol. The van der Waals surface area contributed by atoms with Gasteiger partial charge in [0.15, 0.2) is 5.65 Å². The molecule has 0 unspecified atom stereocenters. The number of imidazole rings is 1. The Morgan fingerprint density at radius 3 is 2.76 bits per heavy atom. The van der Waals surface area contributed by atoms with Gasteiger partial charge in [0, 0.05) is 13.2 Å². The van der Waals surface area contributed by atoms with Crippen LogP contribution in [0.25, 0.3) is 11.2 Å². The van der Waals surface area contributed by atoms with E-state index in [0.29, 0.717) is 25.7 Å². The van der Waals surface area contributed by atoms with Gasteiger partial charge in [-0.1, -0.05) is 0 Å². The van der Waals surface area contributed by atoms with Gasteiger partial charge >= 0.3 is 0 Å². The van der Waals surface area contributed by atoms with Crippen molar-refractivity contribution >= 4 is 17.1 Å². The Kier molecular flexibility index (Phi) is 3.33. The number of fused-ring (bicyclic) bond motifs is 1. The maximum absolute atomic E-state index is 5.93. The fourth-order valence-corrected chi connectivity index (χ4v) is 1.98. The highest BCUT2D eigenvalue weighted by atomic mass is 16.5. The van der Waals surface area contributed by atoms with Crippen molar-refractivity contribution in [3.63, 3.8) is 0 Å². The van der Waals surface area contributed by atoms with E-state index in [-0.39, 0.29) is 0 Å². The number of rotatable bonds is 5. The van der Waals surface area contributed by atoms with Crippen molar-refractivity contribution in [3.8, 4) is 0 Å². The number of nitrogen functional groups attached to an aromatic ring is 1. The zero-order valence-corrected chi connectivity index (χ0v) is 10.6. The maximum Gasteiger partial charge on any atom is 0.202 e. The van der Waals surface area contributed by atoms with Crippen LogP contribution in [-0.4, -0.2) is 32.5 Å². The first-order valence-corrected chi connectivity index (χ1v) is 5.95. The van der Waals surface area contributed by atoms with Crippen molar-refractivity contribution < 1.29 is 4.74 Å². The van der Waals surface area contributed by atoms with Crippen molar-refractivity contribution in [2.24, 2.45) is 0 Å². The van der Waals surface area contributed by atoms with Crippen LogP contribution in [0.5, 0.6) is 0 Å². The fraction of sp³-hybridized carbons (Fsp3) is 0.636. The minimum Gasteiger partial charge on any atom is -0.380 e. The predicted molar refractivity (Wildman–Crippen MR) is 66.8 cm³/mol. The van der Waals surface area contributed by atoms with Crippen LogP contribution >= 0.6 is 0 Å². The number of aromatic nitrogens is 4. The highest BCUT2D eigenvalue weighted by Crippen LogP contribution is 2.20. The van der Waals surface area contributed by atoms with Gasteiger partial charge in [-0.15, -0.1) is 0 Å². The third-order valence-electron chi connectivity index (χ3n) is 2.79. The molecule has 0 saturated carbocycles. The van der Waals surface area contributed by atoms with Gasteiger partial charge in [0.1, 0.15) is 5.52 Å². The minimum atomic E-state index is 0.530. The van der Waals surface area contributed by atoms with Crippen molar-refractivity contribution in [3.05, 3.63) is 5.69 Å². The number of nitrogens with two attached hydrogens (primary N) is 1. The Morgan fingerprint density at radius 2 is 2.12 bits per heavy atom. The summed E-state index contributed by atoms with van der Waals surface area (Å²) < 4.78 is 9.25. The summed E-state index contributed by atoms with van der Waals surface area (Å²) in [7, 11) is 0. The molecule has 17 heavy (non-hydrogen) atoms. The van der Waals surface area contributed by atoms with E-state index in [9.17, 15) is 0 Å². The summed E-state index contributed by atoms with van der Waals surface area (Å²) in [6, 6.07) is 0. The van der Waals surface area contributed by atoms with Crippen LogP contribution in [0.3, 0.4) is 0 Å². The lowest BCUT2D eigenvalue weighted by molar-refractivity contribution is 0.140. The predicted octanol–water partition coefficient (Wildman–Crippen LogP) is 1.18. The number of ether oxygens (including phenoxy) is 1. The third kappa shape index (κ3) is 2.00. The molecule has 2 aromatic rings. The van der Waals surface area contributed by atoms with Gasteiger partial charge in [-0.3, -0.25) is 4.57 Å². The summed E-state index contributed by atoms with van der Waals surface area (Å²) in [4.78, 5) is 4.36. The molecule has 0 aliphatic carbocycles. The van der Waals surface area contributed by atoms with Crippen LogP contribution in [0.1, 0.15) is 19.5 Å². The SMILES string of the molecule is CCOCCn1c(N)nc2c(C)nn(CC)c21. The molecule has 0 aliphatic rings. The van der Waals surface area contributed by atoms with Gasteiger partial charge in [0.2, 0.25) is 5.95 Å². The summed E-state index contributed by atoms with van der Waals surface area (Å²) in [6.45, 7) is 8.86. The molecule has 6 nitrogen and oxygen atoms in total. The smallest absolute Gasteiger partial charge is 0.202 e. The molecule has 0 bridgehead atoms. The van der Waals surface area contributed by atoms with E-state index in [4.69, 9.17) is 10.5 Å². The number of aryl methyl sites for hydroxylation is 2. The van der Waals surface area contributed by atoms with E-state index in [0.717, 1.165) is 23.4 Å². The van der Waals surface area contributed by atoms with Crippen LogP contribution in [-0.2, 0) is 17.8 Å². The van der Waals surface area contributed by atoms with Gasteiger partial charge < -0.3 is 10.5 Å². The average Bonchev–Trinajstić information content (AvgIpc) is 2.79. The van der Waals surface area contributed by atoms with E-state index in [1.165, 1.54) is 0 Å². The monoisotopic (exact) mass is 237 g/mol. The molecular formula is C11H19N5O. The van der Waals surface area contributed by atoms with Crippen molar-refractivity contribution in [2.45, 2.75) is 33.9 Å². The first-order valence-electron chi connectivity index (χ1n) is 5.95. The molecule has 0 aliphatic heterocycles. The molecular weight excluding hydrogens is 218 g/mol. The van der Waals surface area contributed by atoms with Gasteiger partial charge in [-0.25, -0.2) is 9.67 Å². The summed E-state index contributed by atoms with van der Waals surface area (Å²) in [5.41, 5.74) is 8.73. The second-order valence-electron chi connectivity index (χ2n) is 3.89. The van der Waals surface area contributed by atoms with E-state index in [2.05, 4.69) is 17.0 Å². The topological polar surface area (TPSA) is 70.9 Å². The lowest BCUT2D eigenvalue weighted by Crippen LogP contribution is -2.12. The Morgan fingerprint density at radius 1 is 1.35 bits per heavy atom. The second kappa shape index (κ2) is 4.75. The Labute approximate surface area is 100 Å². The van der Waals surface area contributed by atoms with Crippen molar-refractivity contribution in [2.75, 3.05) is 18.9 Å². The van der Waals surface area contributed by atoms with Gasteiger partial charge in [-0.05, 0) is 20.8 Å². The Hall–Kier alpha value is -1.56. The van der Waals surface area contributed by atoms with Crippen LogP contribution < -0.4 is 5.73 Å². The number of hydrogen-bond acceptors (Lipinski definition) is 4. The molecule has 2 rings (SSSR count). The quantitative estimate of drug-likeness (QED) is 0.793. The molecule has 0 fully saturated rings. The normalized spacial score (nSPS) is 11.5. The van der Waals surface area contributed by atoms with Crippen LogP contribution in [0, 0.1) is 6.92 Å². The minimum absolute atomic E-state index is 0.530. The molecule has 0 atom stereocenters. The van der Waals surface area contributed by atoms with Crippen LogP contribution in [0.4, 0.5) is 5.95 Å². The Balaban J connectivity index is 2.41. The zero-order chi connectivity index (χ0) is 12.4. The van der Waals surface area contributed by atoms with E-state index in [1.807, 2.05) is 23.1 Å². The summed E-state index contributed by atoms with van der Waals surface area (Å²) in [6.07, 6.45) is 0. The van der Waals surface area contributed by atoms with Crippen molar-refractivity contribution in [1.82, 2.24) is 19.3 Å². The van der Waals surface area contributed by atoms with Gasteiger partial charge in [0.05, 0.1) is 18.8 Å². The van der Waals surface area contributed by atoms with Crippen LogP contribution in [0.15, 0.2) is 0 Å². The van der Waals surface area contributed by atoms with E-state index in [1.54, 1.807) is 0 Å². The molecule has 2 N–H and O–H groups in total. The van der Waals surface area contributed by atoms with Crippen molar-refractivity contribution in [1.29, 1.82) is 0 Å². The standard InChI is InChI=1S/C11H19N5O/c1-4-16-10-9(8(3)14-16)13-11(12)15(10)6-7-17-5-2/h4-7H2,1-3H3,(H2,12,13). The number of anilines is 1. The molecule has 0 amide bonds.